The van der Waals surface area contributed by atoms with Gasteiger partial charge in [-0.2, -0.15) is 5.10 Å². The molecule has 0 atom stereocenters. The standard InChI is InChI=1S/C20H16FN3O/c1-13-10-14-6-5-7-16(15-11-22-23(2)12-15)19(14)20(25)24(13)18-9-4-3-8-17(18)21/h3-12H,1-2H3. The Labute approximate surface area is 143 Å². The van der Waals surface area contributed by atoms with E-state index in [1.165, 1.54) is 10.6 Å². The van der Waals surface area contributed by atoms with Gasteiger partial charge in [0.05, 0.1) is 17.3 Å². The van der Waals surface area contributed by atoms with Gasteiger partial charge >= 0.3 is 0 Å². The number of aromatic nitrogens is 3. The van der Waals surface area contributed by atoms with Gasteiger partial charge in [0.2, 0.25) is 0 Å². The number of para-hydroxylation sites is 1. The zero-order valence-electron chi connectivity index (χ0n) is 13.9. The maximum atomic E-state index is 14.3. The van der Waals surface area contributed by atoms with Crippen LogP contribution in [0.1, 0.15) is 5.69 Å². The van der Waals surface area contributed by atoms with Crippen LogP contribution < -0.4 is 5.56 Å². The summed E-state index contributed by atoms with van der Waals surface area (Å²) in [7, 11) is 1.83. The molecule has 5 heteroatoms. The van der Waals surface area contributed by atoms with Crippen molar-refractivity contribution in [2.45, 2.75) is 6.92 Å². The fourth-order valence-corrected chi connectivity index (χ4v) is 3.22. The highest BCUT2D eigenvalue weighted by Gasteiger charge is 2.15. The minimum Gasteiger partial charge on any atom is -0.278 e. The van der Waals surface area contributed by atoms with Gasteiger partial charge in [-0.1, -0.05) is 30.3 Å². The molecule has 2 heterocycles. The monoisotopic (exact) mass is 333 g/mol. The Morgan fingerprint density at radius 1 is 1.08 bits per heavy atom. The third-order valence-electron chi connectivity index (χ3n) is 4.34. The van der Waals surface area contributed by atoms with Crippen molar-refractivity contribution in [3.05, 3.63) is 82.8 Å². The Kier molecular flexibility index (Phi) is 3.50. The highest BCUT2D eigenvalue weighted by molar-refractivity contribution is 5.96. The topological polar surface area (TPSA) is 39.8 Å². The van der Waals surface area contributed by atoms with E-state index in [-0.39, 0.29) is 11.2 Å². The summed E-state index contributed by atoms with van der Waals surface area (Å²) < 4.78 is 17.4. The van der Waals surface area contributed by atoms with Crippen molar-refractivity contribution in [2.75, 3.05) is 0 Å². The largest absolute Gasteiger partial charge is 0.278 e. The predicted molar refractivity (Wildman–Crippen MR) is 96.4 cm³/mol. The average Bonchev–Trinajstić information content (AvgIpc) is 3.02. The summed E-state index contributed by atoms with van der Waals surface area (Å²) in [6.07, 6.45) is 3.59. The normalized spacial score (nSPS) is 11.2. The van der Waals surface area contributed by atoms with E-state index in [9.17, 15) is 9.18 Å². The molecule has 0 saturated carbocycles. The zero-order valence-corrected chi connectivity index (χ0v) is 13.9. The van der Waals surface area contributed by atoms with Crippen LogP contribution in [0.25, 0.3) is 27.6 Å². The first kappa shape index (κ1) is 15.3. The predicted octanol–water partition coefficient (Wildman–Crippen LogP) is 3.84. The fourth-order valence-electron chi connectivity index (χ4n) is 3.22. The molecule has 0 aliphatic carbocycles. The van der Waals surface area contributed by atoms with Crippen molar-refractivity contribution >= 4 is 10.8 Å². The molecule has 25 heavy (non-hydrogen) atoms. The molecule has 4 rings (SSSR count). The third-order valence-corrected chi connectivity index (χ3v) is 4.34. The van der Waals surface area contributed by atoms with E-state index in [2.05, 4.69) is 5.10 Å². The van der Waals surface area contributed by atoms with Gasteiger partial charge in [0.15, 0.2) is 0 Å². The maximum Gasteiger partial charge on any atom is 0.263 e. The van der Waals surface area contributed by atoms with Crippen LogP contribution in [0.2, 0.25) is 0 Å². The van der Waals surface area contributed by atoms with Crippen LogP contribution >= 0.6 is 0 Å². The van der Waals surface area contributed by atoms with E-state index in [4.69, 9.17) is 0 Å². The number of hydrogen-bond donors (Lipinski definition) is 0. The van der Waals surface area contributed by atoms with Crippen LogP contribution in [-0.4, -0.2) is 14.3 Å². The van der Waals surface area contributed by atoms with Gasteiger partial charge in [-0.15, -0.1) is 0 Å². The zero-order chi connectivity index (χ0) is 17.6. The molecular weight excluding hydrogens is 317 g/mol. The molecule has 0 N–H and O–H groups in total. The summed E-state index contributed by atoms with van der Waals surface area (Å²) in [5.74, 6) is -0.425. The SMILES string of the molecule is Cc1cc2cccc(-c3cnn(C)c3)c2c(=O)n1-c1ccccc1F. The van der Waals surface area contributed by atoms with Crippen LogP contribution in [0.5, 0.6) is 0 Å². The Morgan fingerprint density at radius 3 is 2.60 bits per heavy atom. The van der Waals surface area contributed by atoms with Gasteiger partial charge in [-0.05, 0) is 36.1 Å². The quantitative estimate of drug-likeness (QED) is 0.559. The fraction of sp³-hybridized carbons (Fsp3) is 0.100. The molecular formula is C20H16FN3O. The van der Waals surface area contributed by atoms with E-state index >= 15 is 0 Å². The number of hydrogen-bond acceptors (Lipinski definition) is 2. The van der Waals surface area contributed by atoms with Crippen molar-refractivity contribution in [1.82, 2.24) is 14.3 Å². The molecule has 0 spiro atoms. The minimum atomic E-state index is -0.425. The number of rotatable bonds is 2. The van der Waals surface area contributed by atoms with Crippen molar-refractivity contribution in [2.24, 2.45) is 7.05 Å². The number of benzene rings is 2. The lowest BCUT2D eigenvalue weighted by atomic mass is 10.0. The summed E-state index contributed by atoms with van der Waals surface area (Å²) in [6.45, 7) is 1.81. The first-order chi connectivity index (χ1) is 12.1. The van der Waals surface area contributed by atoms with Gasteiger partial charge in [-0.3, -0.25) is 14.0 Å². The molecule has 2 aromatic carbocycles. The second-order valence-corrected chi connectivity index (χ2v) is 6.05. The molecule has 0 unspecified atom stereocenters. The highest BCUT2D eigenvalue weighted by atomic mass is 19.1. The van der Waals surface area contributed by atoms with Crippen LogP contribution in [0.3, 0.4) is 0 Å². The molecule has 124 valence electrons. The number of pyridine rings is 1. The van der Waals surface area contributed by atoms with E-state index < -0.39 is 5.82 Å². The lowest BCUT2D eigenvalue weighted by molar-refractivity contribution is 0.615. The number of aryl methyl sites for hydroxylation is 2. The molecule has 0 amide bonds. The summed E-state index contributed by atoms with van der Waals surface area (Å²) >= 11 is 0. The molecule has 0 aliphatic heterocycles. The lowest BCUT2D eigenvalue weighted by Gasteiger charge is -2.14. The molecule has 0 radical (unpaired) electrons. The molecule has 0 fully saturated rings. The summed E-state index contributed by atoms with van der Waals surface area (Å²) in [5.41, 5.74) is 2.35. The number of fused-ring (bicyclic) bond motifs is 1. The van der Waals surface area contributed by atoms with E-state index in [1.54, 1.807) is 29.1 Å². The first-order valence-electron chi connectivity index (χ1n) is 7.95. The van der Waals surface area contributed by atoms with Crippen LogP contribution in [0.4, 0.5) is 4.39 Å². The van der Waals surface area contributed by atoms with Gasteiger partial charge < -0.3 is 0 Å². The molecule has 0 aliphatic rings. The third kappa shape index (κ3) is 2.45. The summed E-state index contributed by atoms with van der Waals surface area (Å²) in [6, 6.07) is 13.9. The van der Waals surface area contributed by atoms with Gasteiger partial charge in [-0.25, -0.2) is 4.39 Å². The summed E-state index contributed by atoms with van der Waals surface area (Å²) in [5, 5.41) is 5.58. The lowest BCUT2D eigenvalue weighted by Crippen LogP contribution is -2.22. The smallest absolute Gasteiger partial charge is 0.263 e. The van der Waals surface area contributed by atoms with Crippen molar-refractivity contribution < 1.29 is 4.39 Å². The van der Waals surface area contributed by atoms with Gasteiger partial charge in [0.1, 0.15) is 5.82 Å². The second kappa shape index (κ2) is 5.70. The number of halogens is 1. The second-order valence-electron chi connectivity index (χ2n) is 6.05. The van der Waals surface area contributed by atoms with E-state index in [0.29, 0.717) is 11.1 Å². The molecule has 2 aromatic heterocycles. The van der Waals surface area contributed by atoms with Gasteiger partial charge in [0, 0.05) is 24.5 Å². The number of nitrogens with zero attached hydrogens (tertiary/aromatic N) is 3. The van der Waals surface area contributed by atoms with Crippen molar-refractivity contribution in [3.63, 3.8) is 0 Å². The Balaban J connectivity index is 2.11. The molecule has 0 bridgehead atoms. The van der Waals surface area contributed by atoms with Gasteiger partial charge in [0.25, 0.3) is 5.56 Å². The molecule has 4 aromatic rings. The van der Waals surface area contributed by atoms with Crippen LogP contribution in [0, 0.1) is 12.7 Å². The molecule has 0 saturated heterocycles. The van der Waals surface area contributed by atoms with Crippen molar-refractivity contribution in [3.8, 4) is 16.8 Å². The highest BCUT2D eigenvalue weighted by Crippen LogP contribution is 2.27. The van der Waals surface area contributed by atoms with Crippen LogP contribution in [-0.2, 0) is 7.05 Å². The minimum absolute atomic E-state index is 0.237. The average molecular weight is 333 g/mol. The Morgan fingerprint density at radius 2 is 1.88 bits per heavy atom. The van der Waals surface area contributed by atoms with Crippen molar-refractivity contribution in [1.29, 1.82) is 0 Å². The summed E-state index contributed by atoms with van der Waals surface area (Å²) in [4.78, 5) is 13.3. The molecule has 4 nitrogen and oxygen atoms in total. The Hall–Kier alpha value is -3.21. The van der Waals surface area contributed by atoms with Crippen LogP contribution in [0.15, 0.2) is 65.7 Å². The first-order valence-corrected chi connectivity index (χ1v) is 7.95. The van der Waals surface area contributed by atoms with E-state index in [0.717, 1.165) is 16.5 Å². The Bertz CT molecular complexity index is 1160. The van der Waals surface area contributed by atoms with E-state index in [1.807, 2.05) is 44.4 Å². The maximum absolute atomic E-state index is 14.3.